The lowest BCUT2D eigenvalue weighted by Gasteiger charge is -2.27. The fraction of sp³-hybridized carbons (Fsp3) is 0.292. The average Bonchev–Trinajstić information content (AvgIpc) is 3.15. The molecule has 0 spiro atoms. The Morgan fingerprint density at radius 1 is 0.589 bits per heavy atom. The highest BCUT2D eigenvalue weighted by Gasteiger charge is 2.28. The van der Waals surface area contributed by atoms with E-state index < -0.39 is 23.1 Å². The van der Waals surface area contributed by atoms with E-state index in [9.17, 15) is 9.59 Å². The first kappa shape index (κ1) is 39.8. The number of nitrogens with two attached hydrogens (primary N) is 1. The second kappa shape index (κ2) is 16.9. The molecule has 1 atom stereocenters. The summed E-state index contributed by atoms with van der Waals surface area (Å²) in [6.45, 7) is 13.4. The number of hydrogen-bond acceptors (Lipinski definition) is 8. The predicted octanol–water partition coefficient (Wildman–Crippen LogP) is 9.93. The van der Waals surface area contributed by atoms with Gasteiger partial charge < -0.3 is 29.4 Å². The van der Waals surface area contributed by atoms with Crippen molar-refractivity contribution in [3.05, 3.63) is 138 Å². The van der Waals surface area contributed by atoms with Crippen LogP contribution in [0, 0.1) is 6.92 Å². The van der Waals surface area contributed by atoms with Crippen LogP contribution < -0.4 is 19.9 Å². The summed E-state index contributed by atoms with van der Waals surface area (Å²) in [5, 5.41) is 3.88. The molecule has 0 aliphatic carbocycles. The summed E-state index contributed by atoms with van der Waals surface area (Å²) in [6.07, 6.45) is 0. The smallest absolute Gasteiger partial charge is 0.344 e. The van der Waals surface area contributed by atoms with Crippen LogP contribution in [-0.4, -0.2) is 49.5 Å². The van der Waals surface area contributed by atoms with Crippen LogP contribution >= 0.6 is 0 Å². The SMILES string of the molecule is Cc1ccc2cc(OCC(=O)OC(C)(C)C)ccc2c1C(c1ccc(-c2ccccc2)cc1)c1c(OCCN)ccc2cc(OCC(=O)OC(C)(C)C)ccc12. The molecule has 0 aliphatic heterocycles. The lowest BCUT2D eigenvalue weighted by molar-refractivity contribution is -0.158. The Bertz CT molecular complexity index is 2320. The maximum Gasteiger partial charge on any atom is 0.344 e. The van der Waals surface area contributed by atoms with Crippen molar-refractivity contribution in [2.75, 3.05) is 26.4 Å². The lowest BCUT2D eigenvalue weighted by Crippen LogP contribution is -2.27. The number of carbonyl (C=O) groups excluding carboxylic acids is 2. The van der Waals surface area contributed by atoms with E-state index >= 15 is 0 Å². The average molecular weight is 754 g/mol. The van der Waals surface area contributed by atoms with E-state index in [0.29, 0.717) is 24.7 Å². The Hall–Kier alpha value is -5.86. The zero-order valence-corrected chi connectivity index (χ0v) is 33.3. The van der Waals surface area contributed by atoms with E-state index in [1.165, 1.54) is 0 Å². The third-order valence-corrected chi connectivity index (χ3v) is 9.10. The molecule has 0 saturated carbocycles. The van der Waals surface area contributed by atoms with Crippen molar-refractivity contribution in [1.82, 2.24) is 0 Å². The van der Waals surface area contributed by atoms with Crippen molar-refractivity contribution in [3.8, 4) is 28.4 Å². The van der Waals surface area contributed by atoms with Crippen molar-refractivity contribution in [2.24, 2.45) is 5.73 Å². The number of ether oxygens (including phenoxy) is 5. The minimum atomic E-state index is -0.610. The largest absolute Gasteiger partial charge is 0.492 e. The fourth-order valence-corrected chi connectivity index (χ4v) is 6.91. The van der Waals surface area contributed by atoms with Crippen LogP contribution in [0.25, 0.3) is 32.7 Å². The van der Waals surface area contributed by atoms with Gasteiger partial charge in [-0.1, -0.05) is 84.9 Å². The lowest BCUT2D eigenvalue weighted by atomic mass is 9.78. The number of esters is 2. The Kier molecular flexibility index (Phi) is 12.0. The van der Waals surface area contributed by atoms with Crippen LogP contribution in [0.1, 0.15) is 69.7 Å². The van der Waals surface area contributed by atoms with Crippen LogP contribution in [0.15, 0.2) is 115 Å². The van der Waals surface area contributed by atoms with Crippen molar-refractivity contribution in [2.45, 2.75) is 65.6 Å². The highest BCUT2D eigenvalue weighted by molar-refractivity contribution is 5.94. The second-order valence-electron chi connectivity index (χ2n) is 15.8. The van der Waals surface area contributed by atoms with Crippen LogP contribution in [0.4, 0.5) is 0 Å². The molecule has 6 aromatic carbocycles. The highest BCUT2D eigenvalue weighted by atomic mass is 16.6. The molecular weight excluding hydrogens is 703 g/mol. The number of rotatable bonds is 13. The molecule has 0 aliphatic rings. The van der Waals surface area contributed by atoms with Crippen LogP contribution in [0.2, 0.25) is 0 Å². The summed E-state index contributed by atoms with van der Waals surface area (Å²) in [7, 11) is 0. The summed E-state index contributed by atoms with van der Waals surface area (Å²) in [4.78, 5) is 25.0. The minimum absolute atomic E-state index is 0.195. The number of aryl methyl sites for hydroxylation is 1. The zero-order chi connectivity index (χ0) is 40.0. The van der Waals surface area contributed by atoms with Crippen LogP contribution in [0.3, 0.4) is 0 Å². The molecule has 2 N–H and O–H groups in total. The maximum absolute atomic E-state index is 12.5. The zero-order valence-electron chi connectivity index (χ0n) is 33.3. The first-order valence-corrected chi connectivity index (χ1v) is 19.0. The van der Waals surface area contributed by atoms with E-state index in [1.807, 2.05) is 102 Å². The number of fused-ring (bicyclic) bond motifs is 2. The predicted molar refractivity (Wildman–Crippen MR) is 223 cm³/mol. The van der Waals surface area contributed by atoms with Crippen molar-refractivity contribution < 1.29 is 33.3 Å². The second-order valence-corrected chi connectivity index (χ2v) is 15.8. The van der Waals surface area contributed by atoms with Gasteiger partial charge >= 0.3 is 11.9 Å². The number of carbonyl (C=O) groups is 2. The van der Waals surface area contributed by atoms with Crippen molar-refractivity contribution >= 4 is 33.5 Å². The van der Waals surface area contributed by atoms with Gasteiger partial charge in [-0.3, -0.25) is 0 Å². The van der Waals surface area contributed by atoms with Gasteiger partial charge in [0.05, 0.1) is 0 Å². The molecule has 8 nitrogen and oxygen atoms in total. The molecule has 6 rings (SSSR count). The van der Waals surface area contributed by atoms with Gasteiger partial charge in [0.2, 0.25) is 0 Å². The molecule has 0 saturated heterocycles. The Labute approximate surface area is 329 Å². The van der Waals surface area contributed by atoms with Gasteiger partial charge in [0, 0.05) is 18.0 Å². The monoisotopic (exact) mass is 753 g/mol. The van der Waals surface area contributed by atoms with Crippen LogP contribution in [-0.2, 0) is 19.1 Å². The van der Waals surface area contributed by atoms with E-state index in [-0.39, 0.29) is 19.1 Å². The summed E-state index contributed by atoms with van der Waals surface area (Å²) < 4.78 is 29.2. The molecule has 0 radical (unpaired) electrons. The number of hydrogen-bond donors (Lipinski definition) is 1. The molecule has 0 fully saturated rings. The molecular formula is C48H51NO7. The maximum atomic E-state index is 12.5. The van der Waals surface area contributed by atoms with Gasteiger partial charge in [-0.05, 0) is 128 Å². The van der Waals surface area contributed by atoms with Gasteiger partial charge in [0.25, 0.3) is 0 Å². The van der Waals surface area contributed by atoms with Gasteiger partial charge in [0.15, 0.2) is 13.2 Å². The topological polar surface area (TPSA) is 106 Å². The molecule has 0 bridgehead atoms. The molecule has 6 aromatic rings. The Balaban J connectivity index is 1.49. The first-order valence-electron chi connectivity index (χ1n) is 19.0. The van der Waals surface area contributed by atoms with Crippen molar-refractivity contribution in [3.63, 3.8) is 0 Å². The molecule has 0 heterocycles. The molecule has 1 unspecified atom stereocenters. The summed E-state index contributed by atoms with van der Waals surface area (Å²) >= 11 is 0. The molecule has 0 amide bonds. The summed E-state index contributed by atoms with van der Waals surface area (Å²) in [5.41, 5.74) is 11.3. The standard InChI is InChI=1S/C48H51NO7/c1-31-13-14-35-27-37(53-29-42(50)55-47(2,3)4)20-22-39(35)44(31)45(34-17-15-33(16-18-34)32-11-9-8-10-12-32)46-40-23-21-38(54-30-43(51)56-48(5,6)7)28-36(40)19-24-41(46)52-26-25-49/h8-24,27-28,45H,25-26,29-30,49H2,1-7H3. The third kappa shape index (κ3) is 9.86. The Morgan fingerprint density at radius 2 is 1.11 bits per heavy atom. The normalized spacial score (nSPS) is 12.3. The van der Waals surface area contributed by atoms with E-state index in [4.69, 9.17) is 29.4 Å². The molecule has 8 heteroatoms. The first-order chi connectivity index (χ1) is 26.7. The van der Waals surface area contributed by atoms with E-state index in [0.717, 1.165) is 60.7 Å². The van der Waals surface area contributed by atoms with Gasteiger partial charge in [0.1, 0.15) is 35.1 Å². The van der Waals surface area contributed by atoms with E-state index in [1.54, 1.807) is 0 Å². The molecule has 0 aromatic heterocycles. The highest BCUT2D eigenvalue weighted by Crippen LogP contribution is 2.46. The quantitative estimate of drug-likeness (QED) is 0.0918. The van der Waals surface area contributed by atoms with Crippen LogP contribution in [0.5, 0.6) is 17.2 Å². The minimum Gasteiger partial charge on any atom is -0.492 e. The number of benzene rings is 6. The Morgan fingerprint density at radius 3 is 1.64 bits per heavy atom. The van der Waals surface area contributed by atoms with Gasteiger partial charge in [-0.2, -0.15) is 0 Å². The van der Waals surface area contributed by atoms with E-state index in [2.05, 4.69) is 61.5 Å². The summed E-state index contributed by atoms with van der Waals surface area (Å²) in [6, 6.07) is 39.0. The van der Waals surface area contributed by atoms with Crippen molar-refractivity contribution in [1.29, 1.82) is 0 Å². The fourth-order valence-electron chi connectivity index (χ4n) is 6.91. The third-order valence-electron chi connectivity index (χ3n) is 9.10. The van der Waals surface area contributed by atoms with Gasteiger partial charge in [-0.15, -0.1) is 0 Å². The molecule has 56 heavy (non-hydrogen) atoms. The van der Waals surface area contributed by atoms with Gasteiger partial charge in [-0.25, -0.2) is 9.59 Å². The summed E-state index contributed by atoms with van der Waals surface area (Å²) in [5.74, 6) is 0.679. The molecule has 290 valence electrons.